The minimum Gasteiger partial charge on any atom is -0.489 e. The first-order chi connectivity index (χ1) is 12.8. The van der Waals surface area contributed by atoms with Gasteiger partial charge in [-0.05, 0) is 35.4 Å². The number of hydrazone groups is 1. The molecular weight excluding hydrogens is 330 g/mol. The van der Waals surface area contributed by atoms with Gasteiger partial charge in [0.05, 0.1) is 26.0 Å². The third-order valence-electron chi connectivity index (χ3n) is 4.00. The van der Waals surface area contributed by atoms with Crippen LogP contribution < -0.4 is 10.2 Å². The number of hydrogen-bond acceptors (Lipinski definition) is 5. The molecule has 1 N–H and O–H groups in total. The van der Waals surface area contributed by atoms with Gasteiger partial charge in [-0.2, -0.15) is 5.10 Å². The van der Waals surface area contributed by atoms with Crippen molar-refractivity contribution in [1.29, 1.82) is 0 Å². The largest absolute Gasteiger partial charge is 0.489 e. The summed E-state index contributed by atoms with van der Waals surface area (Å²) < 4.78 is 11.0. The molecule has 2 aromatic rings. The number of nitrogens with one attached hydrogen (secondary N) is 1. The van der Waals surface area contributed by atoms with Gasteiger partial charge in [-0.15, -0.1) is 0 Å². The van der Waals surface area contributed by atoms with Crippen molar-refractivity contribution in [2.24, 2.45) is 5.10 Å². The van der Waals surface area contributed by atoms with E-state index in [-0.39, 0.29) is 5.91 Å². The molecule has 2 aromatic carbocycles. The molecule has 1 saturated heterocycles. The lowest BCUT2D eigenvalue weighted by Crippen LogP contribution is -2.42. The molecule has 1 aliphatic rings. The molecule has 0 saturated carbocycles. The number of ether oxygens (including phenoxy) is 2. The third-order valence-corrected chi connectivity index (χ3v) is 4.00. The van der Waals surface area contributed by atoms with Gasteiger partial charge in [-0.25, -0.2) is 5.43 Å². The maximum atomic E-state index is 11.8. The van der Waals surface area contributed by atoms with Crippen molar-refractivity contribution in [2.45, 2.75) is 6.61 Å². The summed E-state index contributed by atoms with van der Waals surface area (Å²) >= 11 is 0. The standard InChI is InChI=1S/C20H23N3O3/c24-20(15-23-10-12-25-13-11-23)22-21-14-17-6-8-19(9-7-17)26-16-18-4-2-1-3-5-18/h1-9,14H,10-13,15-16H2,(H,22,24)/b21-14-. The summed E-state index contributed by atoms with van der Waals surface area (Å²) in [6, 6.07) is 17.6. The topological polar surface area (TPSA) is 63.2 Å². The Hall–Kier alpha value is -2.70. The summed E-state index contributed by atoms with van der Waals surface area (Å²) in [4.78, 5) is 13.9. The third kappa shape index (κ3) is 5.98. The molecule has 6 nitrogen and oxygen atoms in total. The summed E-state index contributed by atoms with van der Waals surface area (Å²) in [5, 5.41) is 4.01. The summed E-state index contributed by atoms with van der Waals surface area (Å²) in [6.45, 7) is 3.78. The second-order valence-electron chi connectivity index (χ2n) is 6.03. The van der Waals surface area contributed by atoms with Crippen LogP contribution >= 0.6 is 0 Å². The minimum absolute atomic E-state index is 0.119. The molecule has 0 spiro atoms. The lowest BCUT2D eigenvalue weighted by atomic mass is 10.2. The smallest absolute Gasteiger partial charge is 0.254 e. The van der Waals surface area contributed by atoms with Crippen molar-refractivity contribution in [2.75, 3.05) is 32.8 Å². The minimum atomic E-state index is -0.119. The molecule has 0 atom stereocenters. The Morgan fingerprint density at radius 2 is 1.85 bits per heavy atom. The zero-order chi connectivity index (χ0) is 18.0. The summed E-state index contributed by atoms with van der Waals surface area (Å²) in [5.74, 6) is 0.674. The fraction of sp³-hybridized carbons (Fsp3) is 0.300. The predicted molar refractivity (Wildman–Crippen MR) is 100 cm³/mol. The number of carbonyl (C=O) groups is 1. The van der Waals surface area contributed by atoms with Crippen LogP contribution in [0.15, 0.2) is 59.7 Å². The van der Waals surface area contributed by atoms with Crippen molar-refractivity contribution in [3.63, 3.8) is 0 Å². The summed E-state index contributed by atoms with van der Waals surface area (Å²) in [5.41, 5.74) is 4.57. The average Bonchev–Trinajstić information content (AvgIpc) is 2.69. The molecular formula is C20H23N3O3. The number of amides is 1. The molecule has 6 heteroatoms. The summed E-state index contributed by atoms with van der Waals surface area (Å²) in [7, 11) is 0. The first-order valence-electron chi connectivity index (χ1n) is 8.68. The van der Waals surface area contributed by atoms with E-state index < -0.39 is 0 Å². The van der Waals surface area contributed by atoms with E-state index in [2.05, 4.69) is 10.5 Å². The number of carbonyl (C=O) groups excluding carboxylic acids is 1. The highest BCUT2D eigenvalue weighted by molar-refractivity contribution is 5.83. The second-order valence-corrected chi connectivity index (χ2v) is 6.03. The molecule has 1 fully saturated rings. The molecule has 1 aliphatic heterocycles. The Labute approximate surface area is 153 Å². The van der Waals surface area contributed by atoms with Crippen molar-refractivity contribution in [3.8, 4) is 5.75 Å². The normalized spacial score (nSPS) is 15.1. The van der Waals surface area contributed by atoms with Crippen molar-refractivity contribution < 1.29 is 14.3 Å². The van der Waals surface area contributed by atoms with Crippen molar-refractivity contribution in [1.82, 2.24) is 10.3 Å². The van der Waals surface area contributed by atoms with Gasteiger partial charge >= 0.3 is 0 Å². The number of morpholine rings is 1. The van der Waals surface area contributed by atoms with Gasteiger partial charge in [0.15, 0.2) is 0 Å². The first-order valence-corrected chi connectivity index (χ1v) is 8.68. The molecule has 0 aromatic heterocycles. The van der Waals surface area contributed by atoms with Crippen LogP contribution in [-0.2, 0) is 16.1 Å². The van der Waals surface area contributed by atoms with Crippen LogP contribution in [-0.4, -0.2) is 49.9 Å². The van der Waals surface area contributed by atoms with Crippen molar-refractivity contribution >= 4 is 12.1 Å². The maximum absolute atomic E-state index is 11.8. The maximum Gasteiger partial charge on any atom is 0.254 e. The molecule has 0 bridgehead atoms. The molecule has 0 unspecified atom stereocenters. The zero-order valence-corrected chi connectivity index (χ0v) is 14.6. The number of hydrogen-bond donors (Lipinski definition) is 1. The van der Waals surface area contributed by atoms with Crippen LogP contribution in [0.3, 0.4) is 0 Å². The Kier molecular flexibility index (Phi) is 6.75. The van der Waals surface area contributed by atoms with Gasteiger partial charge in [0, 0.05) is 13.1 Å². The van der Waals surface area contributed by atoms with E-state index in [1.165, 1.54) is 0 Å². The number of nitrogens with zero attached hydrogens (tertiary/aromatic N) is 2. The van der Waals surface area contributed by atoms with Gasteiger partial charge in [0.25, 0.3) is 5.91 Å². The predicted octanol–water partition coefficient (Wildman–Crippen LogP) is 2.05. The van der Waals surface area contributed by atoms with E-state index in [1.807, 2.05) is 59.5 Å². The first kappa shape index (κ1) is 18.1. The number of rotatable bonds is 7. The van der Waals surface area contributed by atoms with Gasteiger partial charge < -0.3 is 9.47 Å². The van der Waals surface area contributed by atoms with Crippen LogP contribution in [0.5, 0.6) is 5.75 Å². The molecule has 0 radical (unpaired) electrons. The molecule has 1 heterocycles. The SMILES string of the molecule is O=C(CN1CCOCC1)N/N=C\c1ccc(OCc2ccccc2)cc1. The van der Waals surface area contributed by atoms with Crippen molar-refractivity contribution in [3.05, 3.63) is 65.7 Å². The second kappa shape index (κ2) is 9.70. The van der Waals surface area contributed by atoms with E-state index >= 15 is 0 Å². The molecule has 26 heavy (non-hydrogen) atoms. The summed E-state index contributed by atoms with van der Waals surface area (Å²) in [6.07, 6.45) is 1.62. The van der Waals surface area contributed by atoms with Crippen LogP contribution in [0.2, 0.25) is 0 Å². The molecule has 1 amide bonds. The van der Waals surface area contributed by atoms with E-state index in [0.29, 0.717) is 26.4 Å². The highest BCUT2D eigenvalue weighted by Crippen LogP contribution is 2.13. The van der Waals surface area contributed by atoms with Gasteiger partial charge in [0.1, 0.15) is 12.4 Å². The lowest BCUT2D eigenvalue weighted by molar-refractivity contribution is -0.123. The Morgan fingerprint density at radius 1 is 1.12 bits per heavy atom. The van der Waals surface area contributed by atoms with Crippen LogP contribution in [0, 0.1) is 0 Å². The average molecular weight is 353 g/mol. The zero-order valence-electron chi connectivity index (χ0n) is 14.6. The molecule has 0 aliphatic carbocycles. The molecule has 3 rings (SSSR count). The molecule has 136 valence electrons. The van der Waals surface area contributed by atoms with Crippen LogP contribution in [0.1, 0.15) is 11.1 Å². The highest BCUT2D eigenvalue weighted by Gasteiger charge is 2.13. The lowest BCUT2D eigenvalue weighted by Gasteiger charge is -2.25. The number of benzene rings is 2. The van der Waals surface area contributed by atoms with E-state index in [4.69, 9.17) is 9.47 Å². The Morgan fingerprint density at radius 3 is 2.58 bits per heavy atom. The Balaban J connectivity index is 1.41. The quantitative estimate of drug-likeness (QED) is 0.611. The van der Waals surface area contributed by atoms with Gasteiger partial charge in [-0.3, -0.25) is 9.69 Å². The van der Waals surface area contributed by atoms with E-state index in [1.54, 1.807) is 6.21 Å². The van der Waals surface area contributed by atoms with Crippen LogP contribution in [0.25, 0.3) is 0 Å². The van der Waals surface area contributed by atoms with E-state index in [9.17, 15) is 4.79 Å². The van der Waals surface area contributed by atoms with E-state index in [0.717, 1.165) is 30.0 Å². The fourth-order valence-electron chi connectivity index (χ4n) is 2.57. The van der Waals surface area contributed by atoms with Gasteiger partial charge in [-0.1, -0.05) is 30.3 Å². The Bertz CT molecular complexity index is 711. The highest BCUT2D eigenvalue weighted by atomic mass is 16.5. The van der Waals surface area contributed by atoms with Gasteiger partial charge in [0.2, 0.25) is 0 Å². The van der Waals surface area contributed by atoms with Crippen LogP contribution in [0.4, 0.5) is 0 Å². The monoisotopic (exact) mass is 353 g/mol. The fourth-order valence-corrected chi connectivity index (χ4v) is 2.57.